The number of guanidine groups is 1. The van der Waals surface area contributed by atoms with Crippen LogP contribution in [0, 0.1) is 0 Å². The number of ether oxygens (including phenoxy) is 1. The van der Waals surface area contributed by atoms with Gasteiger partial charge >= 0.3 is 6.09 Å². The van der Waals surface area contributed by atoms with Crippen LogP contribution in [0.5, 0.6) is 0 Å². The highest BCUT2D eigenvalue weighted by atomic mass is 127. The Labute approximate surface area is 168 Å². The van der Waals surface area contributed by atoms with E-state index in [0.717, 1.165) is 0 Å². The summed E-state index contributed by atoms with van der Waals surface area (Å²) in [5.41, 5.74) is -0.509. The fraction of sp³-hybridized carbons (Fsp3) is 0.812. The van der Waals surface area contributed by atoms with E-state index in [1.54, 1.807) is 0 Å². The van der Waals surface area contributed by atoms with Gasteiger partial charge in [0.05, 0.1) is 6.54 Å². The first kappa shape index (κ1) is 26.0. The molecule has 0 spiro atoms. The van der Waals surface area contributed by atoms with E-state index in [1.165, 1.54) is 0 Å². The normalized spacial score (nSPS) is 11.4. The van der Waals surface area contributed by atoms with Gasteiger partial charge in [-0.15, -0.1) is 24.0 Å². The molecule has 0 fully saturated rings. The lowest BCUT2D eigenvalue weighted by Gasteiger charge is -2.19. The number of carbonyl (C=O) groups excluding carboxylic acids is 2. The SMILES string of the molecule is CCNC(=NCCC(=O)NC(C)C)NCCNC(=O)OC(C)(C)C.I. The minimum atomic E-state index is -0.509. The molecule has 0 radical (unpaired) electrons. The number of hydrogen-bond donors (Lipinski definition) is 4. The van der Waals surface area contributed by atoms with Crippen LogP contribution in [0.25, 0.3) is 0 Å². The van der Waals surface area contributed by atoms with Crippen molar-refractivity contribution >= 4 is 41.9 Å². The molecule has 0 aromatic heterocycles. The summed E-state index contributed by atoms with van der Waals surface area (Å²) in [5, 5.41) is 11.7. The monoisotopic (exact) mass is 471 g/mol. The predicted octanol–water partition coefficient (Wildman–Crippen LogP) is 1.60. The predicted molar refractivity (Wildman–Crippen MR) is 112 cm³/mol. The fourth-order valence-electron chi connectivity index (χ4n) is 1.66. The zero-order valence-corrected chi connectivity index (χ0v) is 18.5. The van der Waals surface area contributed by atoms with E-state index in [1.807, 2.05) is 41.5 Å². The van der Waals surface area contributed by atoms with Crippen LogP contribution in [0.4, 0.5) is 4.79 Å². The second-order valence-corrected chi connectivity index (χ2v) is 6.59. The first-order chi connectivity index (χ1) is 11.1. The number of halogens is 1. The summed E-state index contributed by atoms with van der Waals surface area (Å²) in [6, 6.07) is 0.131. The zero-order chi connectivity index (χ0) is 18.6. The van der Waals surface area contributed by atoms with Gasteiger partial charge in [0.15, 0.2) is 5.96 Å². The van der Waals surface area contributed by atoms with Crippen molar-refractivity contribution in [3.63, 3.8) is 0 Å². The molecule has 0 saturated heterocycles. The number of nitrogens with zero attached hydrogens (tertiary/aromatic N) is 1. The maximum atomic E-state index is 11.6. The maximum absolute atomic E-state index is 11.6. The van der Waals surface area contributed by atoms with Gasteiger partial charge in [-0.05, 0) is 41.5 Å². The third-order valence-corrected chi connectivity index (χ3v) is 2.49. The van der Waals surface area contributed by atoms with Gasteiger partial charge in [-0.1, -0.05) is 0 Å². The van der Waals surface area contributed by atoms with E-state index in [2.05, 4.69) is 26.3 Å². The highest BCUT2D eigenvalue weighted by molar-refractivity contribution is 14.0. The lowest BCUT2D eigenvalue weighted by molar-refractivity contribution is -0.121. The highest BCUT2D eigenvalue weighted by Crippen LogP contribution is 2.05. The van der Waals surface area contributed by atoms with Crippen molar-refractivity contribution in [3.8, 4) is 0 Å². The van der Waals surface area contributed by atoms with Gasteiger partial charge in [-0.25, -0.2) is 4.79 Å². The van der Waals surface area contributed by atoms with Crippen LogP contribution in [0.15, 0.2) is 4.99 Å². The van der Waals surface area contributed by atoms with Crippen LogP contribution in [0.3, 0.4) is 0 Å². The summed E-state index contributed by atoms with van der Waals surface area (Å²) in [6.07, 6.45) is -0.109. The quantitative estimate of drug-likeness (QED) is 0.186. The molecule has 0 aliphatic carbocycles. The average molecular weight is 471 g/mol. The molecule has 4 N–H and O–H groups in total. The van der Waals surface area contributed by atoms with Crippen LogP contribution in [-0.4, -0.2) is 55.8 Å². The van der Waals surface area contributed by atoms with E-state index in [0.29, 0.717) is 38.6 Å². The van der Waals surface area contributed by atoms with Crippen molar-refractivity contribution in [2.45, 2.75) is 59.6 Å². The van der Waals surface area contributed by atoms with Crippen LogP contribution >= 0.6 is 24.0 Å². The first-order valence-corrected chi connectivity index (χ1v) is 8.42. The zero-order valence-electron chi connectivity index (χ0n) is 16.2. The third-order valence-electron chi connectivity index (χ3n) is 2.49. The molecule has 0 heterocycles. The number of rotatable bonds is 8. The van der Waals surface area contributed by atoms with Crippen molar-refractivity contribution < 1.29 is 14.3 Å². The molecular formula is C16H34IN5O3. The Hall–Kier alpha value is -1.26. The first-order valence-electron chi connectivity index (χ1n) is 8.42. The van der Waals surface area contributed by atoms with Gasteiger partial charge in [0.1, 0.15) is 5.60 Å². The number of hydrogen-bond acceptors (Lipinski definition) is 4. The molecule has 0 unspecified atom stereocenters. The molecule has 2 amide bonds. The van der Waals surface area contributed by atoms with Gasteiger partial charge in [-0.2, -0.15) is 0 Å². The van der Waals surface area contributed by atoms with Crippen LogP contribution in [0.2, 0.25) is 0 Å². The third kappa shape index (κ3) is 17.4. The summed E-state index contributed by atoms with van der Waals surface area (Å²) < 4.78 is 5.15. The summed E-state index contributed by atoms with van der Waals surface area (Å²) in [7, 11) is 0. The number of alkyl carbamates (subject to hydrolysis) is 1. The number of aliphatic imine (C=N–C) groups is 1. The molecule has 9 heteroatoms. The molecule has 0 aromatic rings. The van der Waals surface area contributed by atoms with Gasteiger partial charge in [0.25, 0.3) is 0 Å². The maximum Gasteiger partial charge on any atom is 0.407 e. The number of carbonyl (C=O) groups is 2. The second-order valence-electron chi connectivity index (χ2n) is 6.59. The molecule has 0 aliphatic heterocycles. The van der Waals surface area contributed by atoms with Crippen LogP contribution < -0.4 is 21.3 Å². The van der Waals surface area contributed by atoms with E-state index in [-0.39, 0.29) is 35.9 Å². The Morgan fingerprint density at radius 3 is 2.20 bits per heavy atom. The van der Waals surface area contributed by atoms with Crippen molar-refractivity contribution in [3.05, 3.63) is 0 Å². The topological polar surface area (TPSA) is 104 Å². The summed E-state index contributed by atoms with van der Waals surface area (Å²) in [4.78, 5) is 27.4. The second kappa shape index (κ2) is 14.0. The Morgan fingerprint density at radius 2 is 1.68 bits per heavy atom. The van der Waals surface area contributed by atoms with Crippen LogP contribution in [0.1, 0.15) is 48.0 Å². The Kier molecular flexibility index (Phi) is 14.5. The van der Waals surface area contributed by atoms with Gasteiger partial charge in [0.2, 0.25) is 5.91 Å². The average Bonchev–Trinajstić information content (AvgIpc) is 2.40. The van der Waals surface area contributed by atoms with E-state index in [4.69, 9.17) is 4.74 Å². The number of amides is 2. The summed E-state index contributed by atoms with van der Waals surface area (Å²) in [6.45, 7) is 13.3. The molecule has 0 bridgehead atoms. The molecular weight excluding hydrogens is 437 g/mol. The molecule has 0 saturated carbocycles. The minimum Gasteiger partial charge on any atom is -0.444 e. The molecule has 0 aromatic carbocycles. The number of nitrogens with one attached hydrogen (secondary N) is 4. The molecule has 8 nitrogen and oxygen atoms in total. The summed E-state index contributed by atoms with van der Waals surface area (Å²) >= 11 is 0. The Balaban J connectivity index is 0. The van der Waals surface area contributed by atoms with Gasteiger partial charge in [0, 0.05) is 32.1 Å². The van der Waals surface area contributed by atoms with Crippen molar-refractivity contribution in [2.24, 2.45) is 4.99 Å². The van der Waals surface area contributed by atoms with Gasteiger partial charge in [-0.3, -0.25) is 9.79 Å². The van der Waals surface area contributed by atoms with Crippen molar-refractivity contribution in [2.75, 3.05) is 26.2 Å². The van der Waals surface area contributed by atoms with Crippen molar-refractivity contribution in [1.82, 2.24) is 21.3 Å². The molecule has 0 aliphatic rings. The molecule has 0 rings (SSSR count). The van der Waals surface area contributed by atoms with E-state index >= 15 is 0 Å². The lowest BCUT2D eigenvalue weighted by atomic mass is 10.2. The van der Waals surface area contributed by atoms with E-state index in [9.17, 15) is 9.59 Å². The van der Waals surface area contributed by atoms with Gasteiger partial charge < -0.3 is 26.0 Å². The lowest BCUT2D eigenvalue weighted by Crippen LogP contribution is -2.42. The smallest absolute Gasteiger partial charge is 0.407 e. The standard InChI is InChI=1S/C16H33N5O3.HI/c1-7-17-14(18-9-8-13(22)21-12(2)3)19-10-11-20-15(23)24-16(4,5)6;/h12H,7-11H2,1-6H3,(H,20,23)(H,21,22)(H2,17,18,19);1H. The Bertz CT molecular complexity index is 422. The fourth-order valence-corrected chi connectivity index (χ4v) is 1.66. The summed E-state index contributed by atoms with van der Waals surface area (Å²) in [5.74, 6) is 0.594. The highest BCUT2D eigenvalue weighted by Gasteiger charge is 2.15. The molecule has 25 heavy (non-hydrogen) atoms. The van der Waals surface area contributed by atoms with E-state index < -0.39 is 11.7 Å². The largest absolute Gasteiger partial charge is 0.444 e. The van der Waals surface area contributed by atoms with Crippen molar-refractivity contribution in [1.29, 1.82) is 0 Å². The minimum absolute atomic E-state index is 0. The molecule has 148 valence electrons. The van der Waals surface area contributed by atoms with Crippen LogP contribution in [-0.2, 0) is 9.53 Å². The molecule has 0 atom stereocenters. The Morgan fingerprint density at radius 1 is 1.08 bits per heavy atom.